The van der Waals surface area contributed by atoms with Crippen LogP contribution < -0.4 is 10.5 Å². The van der Waals surface area contributed by atoms with Gasteiger partial charge in [-0.05, 0) is 49.2 Å². The van der Waals surface area contributed by atoms with Crippen molar-refractivity contribution in [3.8, 4) is 0 Å². The predicted octanol–water partition coefficient (Wildman–Crippen LogP) is 2.83. The van der Waals surface area contributed by atoms with Crippen LogP contribution in [0, 0.1) is 19.7 Å². The van der Waals surface area contributed by atoms with Crippen LogP contribution in [0.15, 0.2) is 41.3 Å². The smallest absolute Gasteiger partial charge is 0.262 e. The molecule has 4 nitrogen and oxygen atoms in total. The molecular formula is C14H15FN2O2S. The van der Waals surface area contributed by atoms with Gasteiger partial charge in [-0.3, -0.25) is 4.72 Å². The summed E-state index contributed by atoms with van der Waals surface area (Å²) in [5.41, 5.74) is 7.29. The van der Waals surface area contributed by atoms with Crippen LogP contribution in [0.5, 0.6) is 0 Å². The third-order valence-electron chi connectivity index (χ3n) is 3.01. The van der Waals surface area contributed by atoms with Crippen molar-refractivity contribution in [2.75, 3.05) is 10.5 Å². The topological polar surface area (TPSA) is 72.2 Å². The lowest BCUT2D eigenvalue weighted by Gasteiger charge is -2.12. The van der Waals surface area contributed by atoms with Crippen LogP contribution in [0.2, 0.25) is 0 Å². The van der Waals surface area contributed by atoms with Crippen molar-refractivity contribution in [3.05, 3.63) is 53.3 Å². The van der Waals surface area contributed by atoms with Crippen LogP contribution in [0.25, 0.3) is 0 Å². The van der Waals surface area contributed by atoms with Crippen LogP contribution >= 0.6 is 0 Å². The third kappa shape index (κ3) is 2.75. The van der Waals surface area contributed by atoms with Crippen molar-refractivity contribution in [1.29, 1.82) is 0 Å². The van der Waals surface area contributed by atoms with Crippen molar-refractivity contribution < 1.29 is 12.8 Å². The van der Waals surface area contributed by atoms with Crippen molar-refractivity contribution in [1.82, 2.24) is 0 Å². The lowest BCUT2D eigenvalue weighted by molar-refractivity contribution is 0.598. The summed E-state index contributed by atoms with van der Waals surface area (Å²) in [5.74, 6) is -0.610. The zero-order valence-electron chi connectivity index (χ0n) is 11.1. The lowest BCUT2D eigenvalue weighted by Crippen LogP contribution is -2.15. The van der Waals surface area contributed by atoms with Gasteiger partial charge in [0, 0.05) is 5.69 Å². The SMILES string of the molecule is Cc1cc(S(=O)(=O)Nc2c(C)cccc2F)ccc1N. The minimum absolute atomic E-state index is 0.0398. The van der Waals surface area contributed by atoms with Gasteiger partial charge >= 0.3 is 0 Å². The molecule has 0 aliphatic rings. The minimum Gasteiger partial charge on any atom is -0.399 e. The fourth-order valence-corrected chi connectivity index (χ4v) is 2.99. The van der Waals surface area contributed by atoms with Crippen LogP contribution in [0.3, 0.4) is 0 Å². The molecule has 0 fully saturated rings. The van der Waals surface area contributed by atoms with Gasteiger partial charge in [0.1, 0.15) is 5.82 Å². The highest BCUT2D eigenvalue weighted by Gasteiger charge is 2.18. The summed E-state index contributed by atoms with van der Waals surface area (Å²) in [7, 11) is -3.84. The van der Waals surface area contributed by atoms with Crippen LogP contribution in [0.4, 0.5) is 15.8 Å². The molecule has 2 aromatic carbocycles. The quantitative estimate of drug-likeness (QED) is 0.855. The van der Waals surface area contributed by atoms with Crippen LogP contribution in [-0.4, -0.2) is 8.42 Å². The van der Waals surface area contributed by atoms with Gasteiger partial charge in [-0.25, -0.2) is 12.8 Å². The maximum absolute atomic E-state index is 13.7. The number of hydrogen-bond acceptors (Lipinski definition) is 3. The maximum Gasteiger partial charge on any atom is 0.262 e. The zero-order valence-corrected chi connectivity index (χ0v) is 12.0. The van der Waals surface area contributed by atoms with Gasteiger partial charge in [0.15, 0.2) is 0 Å². The predicted molar refractivity (Wildman–Crippen MR) is 77.5 cm³/mol. The van der Waals surface area contributed by atoms with Gasteiger partial charge in [0.25, 0.3) is 10.0 Å². The molecule has 0 spiro atoms. The highest BCUT2D eigenvalue weighted by atomic mass is 32.2. The molecular weight excluding hydrogens is 279 g/mol. The van der Waals surface area contributed by atoms with E-state index in [9.17, 15) is 12.8 Å². The minimum atomic E-state index is -3.84. The fraction of sp³-hybridized carbons (Fsp3) is 0.143. The average Bonchev–Trinajstić information content (AvgIpc) is 2.37. The summed E-state index contributed by atoms with van der Waals surface area (Å²) in [6, 6.07) is 8.72. The van der Waals surface area contributed by atoms with E-state index in [2.05, 4.69) is 4.72 Å². The number of nitrogen functional groups attached to an aromatic ring is 1. The first kappa shape index (κ1) is 14.3. The molecule has 6 heteroatoms. The van der Waals surface area contributed by atoms with Crippen LogP contribution in [-0.2, 0) is 10.0 Å². The molecule has 0 radical (unpaired) electrons. The van der Waals surface area contributed by atoms with E-state index in [1.165, 1.54) is 30.3 Å². The van der Waals surface area contributed by atoms with E-state index in [-0.39, 0.29) is 10.6 Å². The van der Waals surface area contributed by atoms with Gasteiger partial charge in [-0.1, -0.05) is 12.1 Å². The van der Waals surface area contributed by atoms with Gasteiger partial charge in [-0.15, -0.1) is 0 Å². The largest absolute Gasteiger partial charge is 0.399 e. The summed E-state index contributed by atoms with van der Waals surface area (Å²) in [6.07, 6.45) is 0. The number of aryl methyl sites for hydroxylation is 2. The van der Waals surface area contributed by atoms with E-state index in [0.717, 1.165) is 0 Å². The zero-order chi connectivity index (χ0) is 14.9. The number of hydrogen-bond donors (Lipinski definition) is 2. The number of rotatable bonds is 3. The van der Waals surface area contributed by atoms with Crippen molar-refractivity contribution in [3.63, 3.8) is 0 Å². The number of para-hydroxylation sites is 1. The van der Waals surface area contributed by atoms with Crippen LogP contribution in [0.1, 0.15) is 11.1 Å². The summed E-state index contributed by atoms with van der Waals surface area (Å²) < 4.78 is 40.5. The first-order valence-corrected chi connectivity index (χ1v) is 7.43. The summed E-state index contributed by atoms with van der Waals surface area (Å²) >= 11 is 0. The Bertz CT molecular complexity index is 738. The van der Waals surface area contributed by atoms with Gasteiger partial charge in [-0.2, -0.15) is 0 Å². The van der Waals surface area contributed by atoms with E-state index in [4.69, 9.17) is 5.73 Å². The molecule has 3 N–H and O–H groups in total. The lowest BCUT2D eigenvalue weighted by atomic mass is 10.2. The molecule has 0 amide bonds. The molecule has 0 aliphatic heterocycles. The van der Waals surface area contributed by atoms with E-state index in [1.807, 2.05) is 0 Å². The number of benzene rings is 2. The van der Waals surface area contributed by atoms with E-state index >= 15 is 0 Å². The van der Waals surface area contributed by atoms with E-state index in [1.54, 1.807) is 19.9 Å². The standard InChI is InChI=1S/C14H15FN2O2S/c1-9-4-3-5-12(15)14(9)17-20(18,19)11-6-7-13(16)10(2)8-11/h3-8,17H,16H2,1-2H3. The third-order valence-corrected chi connectivity index (χ3v) is 4.36. The Hall–Kier alpha value is -2.08. The number of sulfonamides is 1. The Morgan fingerprint density at radius 3 is 2.40 bits per heavy atom. The van der Waals surface area contributed by atoms with Gasteiger partial charge in [0.2, 0.25) is 0 Å². The normalized spacial score (nSPS) is 11.3. The number of nitrogens with two attached hydrogens (primary N) is 1. The maximum atomic E-state index is 13.7. The second-order valence-corrected chi connectivity index (χ2v) is 6.24. The average molecular weight is 294 g/mol. The van der Waals surface area contributed by atoms with E-state index < -0.39 is 15.8 Å². The molecule has 0 bridgehead atoms. The summed E-state index contributed by atoms with van der Waals surface area (Å²) in [6.45, 7) is 3.35. The monoisotopic (exact) mass is 294 g/mol. The van der Waals surface area contributed by atoms with Gasteiger partial charge < -0.3 is 5.73 Å². The Morgan fingerprint density at radius 2 is 1.80 bits per heavy atom. The second kappa shape index (κ2) is 5.13. The molecule has 0 heterocycles. The summed E-state index contributed by atoms with van der Waals surface area (Å²) in [4.78, 5) is 0.0480. The summed E-state index contributed by atoms with van der Waals surface area (Å²) in [5, 5.41) is 0. The number of anilines is 2. The first-order valence-electron chi connectivity index (χ1n) is 5.95. The Labute approximate surface area is 117 Å². The van der Waals surface area contributed by atoms with Crippen molar-refractivity contribution in [2.45, 2.75) is 18.7 Å². The molecule has 20 heavy (non-hydrogen) atoms. The molecule has 0 aromatic heterocycles. The first-order chi connectivity index (χ1) is 9.31. The molecule has 0 atom stereocenters. The highest BCUT2D eigenvalue weighted by Crippen LogP contribution is 2.24. The Kier molecular flexibility index (Phi) is 3.67. The molecule has 0 saturated carbocycles. The van der Waals surface area contributed by atoms with Crippen molar-refractivity contribution >= 4 is 21.4 Å². The van der Waals surface area contributed by atoms with Crippen molar-refractivity contribution in [2.24, 2.45) is 0 Å². The van der Waals surface area contributed by atoms with Gasteiger partial charge in [0.05, 0.1) is 10.6 Å². The molecule has 2 rings (SSSR count). The highest BCUT2D eigenvalue weighted by molar-refractivity contribution is 7.92. The molecule has 0 saturated heterocycles. The second-order valence-electron chi connectivity index (χ2n) is 4.56. The molecule has 106 valence electrons. The molecule has 0 unspecified atom stereocenters. The van der Waals surface area contributed by atoms with E-state index in [0.29, 0.717) is 16.8 Å². The fourth-order valence-electron chi connectivity index (χ4n) is 1.77. The number of halogens is 1. The molecule has 2 aromatic rings. The Morgan fingerprint density at radius 1 is 1.10 bits per heavy atom. The number of nitrogens with one attached hydrogen (secondary N) is 1. The Balaban J connectivity index is 2.43. The molecule has 0 aliphatic carbocycles.